The summed E-state index contributed by atoms with van der Waals surface area (Å²) < 4.78 is 5.14. The molecule has 9 heteroatoms. The summed E-state index contributed by atoms with van der Waals surface area (Å²) in [4.78, 5) is 36.0. The number of nitrogens with one attached hydrogen (secondary N) is 3. The Labute approximate surface area is 165 Å². The summed E-state index contributed by atoms with van der Waals surface area (Å²) in [6, 6.07) is 7.19. The Balaban J connectivity index is 2.58. The molecule has 0 radical (unpaired) electrons. The third-order valence-electron chi connectivity index (χ3n) is 4.04. The van der Waals surface area contributed by atoms with E-state index >= 15 is 0 Å². The highest BCUT2D eigenvalue weighted by Crippen LogP contribution is 2.06. The maximum atomic E-state index is 12.5. The van der Waals surface area contributed by atoms with Crippen molar-refractivity contribution in [1.82, 2.24) is 16.0 Å². The molecule has 0 aliphatic rings. The van der Waals surface area contributed by atoms with Gasteiger partial charge in [-0.1, -0.05) is 44.2 Å². The predicted octanol–water partition coefficient (Wildman–Crippen LogP) is 0.793. The van der Waals surface area contributed by atoms with Gasteiger partial charge in [-0.05, 0) is 30.9 Å². The molecular formula is C19H30N4O5. The third-order valence-corrected chi connectivity index (χ3v) is 4.04. The molecule has 2 amide bonds. The molecule has 1 aromatic rings. The number of aliphatic carboxylic acids is 1. The average molecular weight is 394 g/mol. The van der Waals surface area contributed by atoms with Gasteiger partial charge in [-0.15, -0.1) is 0 Å². The average Bonchev–Trinajstić information content (AvgIpc) is 2.67. The van der Waals surface area contributed by atoms with Gasteiger partial charge >= 0.3 is 12.1 Å². The molecule has 0 aromatic heterocycles. The minimum Gasteiger partial charge on any atom is -0.480 e. The molecule has 1 unspecified atom stereocenters. The van der Waals surface area contributed by atoms with Gasteiger partial charge in [-0.3, -0.25) is 4.79 Å². The highest BCUT2D eigenvalue weighted by Gasteiger charge is 2.28. The standard InChI is InChI=1S/C19H30N4O5/c1-13(2)16(23-19(27)28-11-14-7-4-3-5-8-14)17(24)22-15(18(25)26)9-6-10-21-12-20/h3-5,7-8,13,15-16,21H,6,9-12,20H2,1-2H3,(H,22,24)(H,23,27)(H,25,26)/t15?,16-/m1/s1. The Morgan fingerprint density at radius 3 is 2.39 bits per heavy atom. The lowest BCUT2D eigenvalue weighted by atomic mass is 10.0. The summed E-state index contributed by atoms with van der Waals surface area (Å²) in [5.41, 5.74) is 6.14. The van der Waals surface area contributed by atoms with Crippen LogP contribution in [0.25, 0.3) is 0 Å². The van der Waals surface area contributed by atoms with E-state index in [4.69, 9.17) is 10.5 Å². The van der Waals surface area contributed by atoms with E-state index in [2.05, 4.69) is 16.0 Å². The number of carbonyl (C=O) groups excluding carboxylic acids is 2. The molecule has 0 spiro atoms. The lowest BCUT2D eigenvalue weighted by Gasteiger charge is -2.23. The fraction of sp³-hybridized carbons (Fsp3) is 0.526. The maximum Gasteiger partial charge on any atom is 0.408 e. The van der Waals surface area contributed by atoms with E-state index in [1.165, 1.54) is 0 Å². The SMILES string of the molecule is CC(C)[C@@H](NC(=O)OCc1ccccc1)C(=O)NC(CCCNCN)C(=O)O. The van der Waals surface area contributed by atoms with Crippen molar-refractivity contribution in [2.75, 3.05) is 13.2 Å². The summed E-state index contributed by atoms with van der Waals surface area (Å²) in [6.45, 7) is 4.43. The molecule has 0 saturated heterocycles. The monoisotopic (exact) mass is 394 g/mol. The van der Waals surface area contributed by atoms with E-state index < -0.39 is 30.1 Å². The third kappa shape index (κ3) is 8.83. The number of carboxylic acid groups (broad SMARTS) is 1. The van der Waals surface area contributed by atoms with Crippen LogP contribution in [0.1, 0.15) is 32.3 Å². The molecule has 1 rings (SSSR count). The second-order valence-corrected chi connectivity index (χ2v) is 6.67. The molecule has 0 fully saturated rings. The zero-order valence-electron chi connectivity index (χ0n) is 16.3. The van der Waals surface area contributed by atoms with Crippen molar-refractivity contribution in [3.63, 3.8) is 0 Å². The second-order valence-electron chi connectivity index (χ2n) is 6.67. The first-order valence-corrected chi connectivity index (χ1v) is 9.26. The molecular weight excluding hydrogens is 364 g/mol. The Morgan fingerprint density at radius 2 is 1.82 bits per heavy atom. The van der Waals surface area contributed by atoms with E-state index in [0.29, 0.717) is 19.6 Å². The number of alkyl carbamates (subject to hydrolysis) is 1. The van der Waals surface area contributed by atoms with Crippen molar-refractivity contribution >= 4 is 18.0 Å². The van der Waals surface area contributed by atoms with Crippen LogP contribution >= 0.6 is 0 Å². The van der Waals surface area contributed by atoms with Gasteiger partial charge in [0, 0.05) is 6.67 Å². The summed E-state index contributed by atoms with van der Waals surface area (Å²) in [5, 5.41) is 17.2. The van der Waals surface area contributed by atoms with Gasteiger partial charge in [0.1, 0.15) is 18.7 Å². The number of carbonyl (C=O) groups is 3. The number of hydrogen-bond donors (Lipinski definition) is 5. The van der Waals surface area contributed by atoms with Gasteiger partial charge in [-0.25, -0.2) is 9.59 Å². The number of rotatable bonds is 12. The topological polar surface area (TPSA) is 143 Å². The zero-order chi connectivity index (χ0) is 20.9. The highest BCUT2D eigenvalue weighted by atomic mass is 16.5. The Morgan fingerprint density at radius 1 is 1.14 bits per heavy atom. The van der Waals surface area contributed by atoms with Gasteiger partial charge in [0.25, 0.3) is 0 Å². The molecule has 9 nitrogen and oxygen atoms in total. The number of benzene rings is 1. The number of amides is 2. The maximum absolute atomic E-state index is 12.5. The van der Waals surface area contributed by atoms with Crippen LogP contribution in [0.2, 0.25) is 0 Å². The van der Waals surface area contributed by atoms with Crippen molar-refractivity contribution < 1.29 is 24.2 Å². The van der Waals surface area contributed by atoms with Crippen molar-refractivity contribution in [3.8, 4) is 0 Å². The van der Waals surface area contributed by atoms with Crippen LogP contribution in [0, 0.1) is 5.92 Å². The van der Waals surface area contributed by atoms with Crippen molar-refractivity contribution in [2.45, 2.75) is 45.4 Å². The van der Waals surface area contributed by atoms with Crippen LogP contribution in [-0.4, -0.2) is 48.4 Å². The van der Waals surface area contributed by atoms with E-state index in [1.807, 2.05) is 30.3 Å². The first-order valence-electron chi connectivity index (χ1n) is 9.26. The number of nitrogens with two attached hydrogens (primary N) is 1. The van der Waals surface area contributed by atoms with Crippen LogP contribution in [0.3, 0.4) is 0 Å². The number of ether oxygens (including phenoxy) is 1. The second kappa shape index (κ2) is 12.7. The molecule has 0 bridgehead atoms. The van der Waals surface area contributed by atoms with Gasteiger partial charge in [0.05, 0.1) is 0 Å². The molecule has 0 saturated carbocycles. The van der Waals surface area contributed by atoms with Gasteiger partial charge in [-0.2, -0.15) is 0 Å². The number of hydrogen-bond acceptors (Lipinski definition) is 6. The molecule has 0 aliphatic carbocycles. The van der Waals surface area contributed by atoms with Crippen LogP contribution in [0.4, 0.5) is 4.79 Å². The van der Waals surface area contributed by atoms with Crippen molar-refractivity contribution in [3.05, 3.63) is 35.9 Å². The van der Waals surface area contributed by atoms with E-state index in [-0.39, 0.29) is 18.9 Å². The zero-order valence-corrected chi connectivity index (χ0v) is 16.3. The lowest BCUT2D eigenvalue weighted by molar-refractivity contribution is -0.142. The molecule has 28 heavy (non-hydrogen) atoms. The summed E-state index contributed by atoms with van der Waals surface area (Å²) in [6.07, 6.45) is 0.0433. The first-order chi connectivity index (χ1) is 13.3. The van der Waals surface area contributed by atoms with Crippen molar-refractivity contribution in [1.29, 1.82) is 0 Å². The first kappa shape index (κ1) is 23.4. The highest BCUT2D eigenvalue weighted by molar-refractivity contribution is 5.89. The van der Waals surface area contributed by atoms with Gasteiger partial charge in [0.2, 0.25) is 5.91 Å². The van der Waals surface area contributed by atoms with Gasteiger partial charge < -0.3 is 31.5 Å². The molecule has 1 aromatic carbocycles. The smallest absolute Gasteiger partial charge is 0.408 e. The van der Waals surface area contributed by atoms with E-state index in [9.17, 15) is 19.5 Å². The normalized spacial score (nSPS) is 12.9. The van der Waals surface area contributed by atoms with Gasteiger partial charge in [0.15, 0.2) is 0 Å². The number of carboxylic acids is 1. The minimum absolute atomic E-state index is 0.0744. The summed E-state index contributed by atoms with van der Waals surface area (Å²) in [7, 11) is 0. The molecule has 2 atom stereocenters. The Bertz CT molecular complexity index is 624. The fourth-order valence-corrected chi connectivity index (χ4v) is 2.48. The lowest BCUT2D eigenvalue weighted by Crippen LogP contribution is -2.53. The molecule has 156 valence electrons. The quantitative estimate of drug-likeness (QED) is 0.260. The molecule has 0 aliphatic heterocycles. The Kier molecular flexibility index (Phi) is 10.6. The fourth-order valence-electron chi connectivity index (χ4n) is 2.48. The Hall–Kier alpha value is -2.65. The predicted molar refractivity (Wildman–Crippen MR) is 104 cm³/mol. The van der Waals surface area contributed by atoms with Crippen LogP contribution in [0.5, 0.6) is 0 Å². The van der Waals surface area contributed by atoms with Crippen LogP contribution in [0.15, 0.2) is 30.3 Å². The van der Waals surface area contributed by atoms with Crippen LogP contribution < -0.4 is 21.7 Å². The van der Waals surface area contributed by atoms with Crippen LogP contribution in [-0.2, 0) is 20.9 Å². The van der Waals surface area contributed by atoms with Crippen molar-refractivity contribution in [2.24, 2.45) is 11.7 Å². The largest absolute Gasteiger partial charge is 0.480 e. The van der Waals surface area contributed by atoms with E-state index in [1.54, 1.807) is 13.8 Å². The summed E-state index contributed by atoms with van der Waals surface area (Å²) in [5.74, 6) is -1.95. The molecule has 0 heterocycles. The minimum atomic E-state index is -1.13. The summed E-state index contributed by atoms with van der Waals surface area (Å²) >= 11 is 0. The molecule has 6 N–H and O–H groups in total. The van der Waals surface area contributed by atoms with E-state index in [0.717, 1.165) is 5.56 Å².